The molecule has 2 heterocycles. The number of hydrogen-bond donors (Lipinski definition) is 1. The Morgan fingerprint density at radius 3 is 2.78 bits per heavy atom. The maximum atomic E-state index is 12.7. The van der Waals surface area contributed by atoms with Crippen LogP contribution in [0.25, 0.3) is 10.9 Å². The lowest BCUT2D eigenvalue weighted by Gasteiger charge is -2.28. The van der Waals surface area contributed by atoms with Crippen LogP contribution in [0.1, 0.15) is 21.6 Å². The Hall–Kier alpha value is -1.85. The standard InChI is InChI=1S/C18H25N3O2/c1-13-14(2)19-17-5-4-15(12-16(13)17)18(22)20(3)6-7-21-8-10-23-11-9-21/h4-5,12,19H,6-11H2,1-3H3. The second-order valence-electron chi connectivity index (χ2n) is 6.32. The number of rotatable bonds is 4. The predicted molar refractivity (Wildman–Crippen MR) is 92.0 cm³/mol. The molecule has 0 spiro atoms. The molecule has 23 heavy (non-hydrogen) atoms. The summed E-state index contributed by atoms with van der Waals surface area (Å²) in [6, 6.07) is 5.91. The number of morpholine rings is 1. The van der Waals surface area contributed by atoms with E-state index in [-0.39, 0.29) is 5.91 Å². The molecule has 1 saturated heterocycles. The number of amides is 1. The van der Waals surface area contributed by atoms with Crippen molar-refractivity contribution >= 4 is 16.8 Å². The monoisotopic (exact) mass is 315 g/mol. The number of carbonyl (C=O) groups is 1. The number of aromatic amines is 1. The molecule has 0 atom stereocenters. The third-order valence-electron chi connectivity index (χ3n) is 4.76. The van der Waals surface area contributed by atoms with Crippen LogP contribution in [0.5, 0.6) is 0 Å². The normalized spacial score (nSPS) is 16.0. The summed E-state index contributed by atoms with van der Waals surface area (Å²) in [4.78, 5) is 20.2. The van der Waals surface area contributed by atoms with Crippen molar-refractivity contribution in [1.29, 1.82) is 0 Å². The van der Waals surface area contributed by atoms with Gasteiger partial charge in [-0.15, -0.1) is 0 Å². The first-order chi connectivity index (χ1) is 11.1. The number of ether oxygens (including phenoxy) is 1. The van der Waals surface area contributed by atoms with Crippen LogP contribution >= 0.6 is 0 Å². The Balaban J connectivity index is 1.67. The van der Waals surface area contributed by atoms with Gasteiger partial charge in [0.15, 0.2) is 0 Å². The van der Waals surface area contributed by atoms with Crippen molar-refractivity contribution in [2.45, 2.75) is 13.8 Å². The van der Waals surface area contributed by atoms with Crippen LogP contribution in [0.3, 0.4) is 0 Å². The Labute approximate surface area is 137 Å². The van der Waals surface area contributed by atoms with E-state index in [9.17, 15) is 4.79 Å². The molecule has 5 nitrogen and oxygen atoms in total. The fourth-order valence-corrected chi connectivity index (χ4v) is 3.03. The lowest BCUT2D eigenvalue weighted by atomic mass is 10.1. The number of nitrogens with one attached hydrogen (secondary N) is 1. The lowest BCUT2D eigenvalue weighted by molar-refractivity contribution is 0.0338. The smallest absolute Gasteiger partial charge is 0.253 e. The van der Waals surface area contributed by atoms with Crippen molar-refractivity contribution in [3.05, 3.63) is 35.0 Å². The zero-order valence-corrected chi connectivity index (χ0v) is 14.2. The zero-order chi connectivity index (χ0) is 16.4. The third-order valence-corrected chi connectivity index (χ3v) is 4.76. The number of likely N-dealkylation sites (N-methyl/N-ethyl adjacent to an activating group) is 1. The van der Waals surface area contributed by atoms with Crippen molar-refractivity contribution in [3.8, 4) is 0 Å². The highest BCUT2D eigenvalue weighted by Gasteiger charge is 2.16. The average Bonchev–Trinajstić information content (AvgIpc) is 2.87. The van der Waals surface area contributed by atoms with Crippen molar-refractivity contribution < 1.29 is 9.53 Å². The molecular weight excluding hydrogens is 290 g/mol. The molecule has 1 fully saturated rings. The van der Waals surface area contributed by atoms with Crippen LogP contribution in [-0.4, -0.2) is 67.1 Å². The van der Waals surface area contributed by atoms with Gasteiger partial charge in [-0.2, -0.15) is 0 Å². The molecule has 1 aromatic heterocycles. The number of H-pyrrole nitrogens is 1. The van der Waals surface area contributed by atoms with E-state index < -0.39 is 0 Å². The number of carbonyl (C=O) groups excluding carboxylic acids is 1. The van der Waals surface area contributed by atoms with Gasteiger partial charge in [-0.05, 0) is 37.6 Å². The predicted octanol–water partition coefficient (Wildman–Crippen LogP) is 2.19. The molecule has 0 saturated carbocycles. The number of nitrogens with zero attached hydrogens (tertiary/aromatic N) is 2. The molecule has 1 aliphatic heterocycles. The van der Waals surface area contributed by atoms with Crippen LogP contribution in [-0.2, 0) is 4.74 Å². The molecule has 5 heteroatoms. The molecule has 0 radical (unpaired) electrons. The van der Waals surface area contributed by atoms with E-state index in [1.807, 2.05) is 30.1 Å². The van der Waals surface area contributed by atoms with E-state index in [2.05, 4.69) is 23.7 Å². The van der Waals surface area contributed by atoms with Crippen LogP contribution in [0.4, 0.5) is 0 Å². The van der Waals surface area contributed by atoms with Crippen molar-refractivity contribution in [2.75, 3.05) is 46.4 Å². The highest BCUT2D eigenvalue weighted by Crippen LogP contribution is 2.22. The fourth-order valence-electron chi connectivity index (χ4n) is 3.03. The molecule has 0 aliphatic carbocycles. The number of hydrogen-bond acceptors (Lipinski definition) is 3. The van der Waals surface area contributed by atoms with Crippen LogP contribution < -0.4 is 0 Å². The van der Waals surface area contributed by atoms with Crippen molar-refractivity contribution in [1.82, 2.24) is 14.8 Å². The Kier molecular flexibility index (Phi) is 4.68. The fraction of sp³-hybridized carbons (Fsp3) is 0.500. The first-order valence-corrected chi connectivity index (χ1v) is 8.21. The molecule has 1 aromatic carbocycles. The largest absolute Gasteiger partial charge is 0.379 e. The van der Waals surface area contributed by atoms with Crippen LogP contribution in [0, 0.1) is 13.8 Å². The van der Waals surface area contributed by atoms with Crippen molar-refractivity contribution in [3.63, 3.8) is 0 Å². The summed E-state index contributed by atoms with van der Waals surface area (Å²) < 4.78 is 5.35. The van der Waals surface area contributed by atoms with Gasteiger partial charge in [0.1, 0.15) is 0 Å². The SMILES string of the molecule is Cc1[nH]c2ccc(C(=O)N(C)CCN3CCOCC3)cc2c1C. The Morgan fingerprint density at radius 1 is 1.30 bits per heavy atom. The van der Waals surface area contributed by atoms with Crippen LogP contribution in [0.15, 0.2) is 18.2 Å². The topological polar surface area (TPSA) is 48.6 Å². The second-order valence-corrected chi connectivity index (χ2v) is 6.32. The van der Waals surface area contributed by atoms with Crippen molar-refractivity contribution in [2.24, 2.45) is 0 Å². The summed E-state index contributed by atoms with van der Waals surface area (Å²) in [7, 11) is 1.88. The maximum Gasteiger partial charge on any atom is 0.253 e. The number of aromatic nitrogens is 1. The molecular formula is C18H25N3O2. The van der Waals surface area contributed by atoms with Crippen LogP contribution in [0.2, 0.25) is 0 Å². The van der Waals surface area contributed by atoms with E-state index in [0.29, 0.717) is 0 Å². The summed E-state index contributed by atoms with van der Waals surface area (Å²) in [6.07, 6.45) is 0. The maximum absolute atomic E-state index is 12.7. The van der Waals surface area contributed by atoms with E-state index >= 15 is 0 Å². The van der Waals surface area contributed by atoms with Gasteiger partial charge in [-0.3, -0.25) is 9.69 Å². The second kappa shape index (κ2) is 6.72. The zero-order valence-electron chi connectivity index (χ0n) is 14.2. The van der Waals surface area contributed by atoms with E-state index in [1.54, 1.807) is 0 Å². The molecule has 3 rings (SSSR count). The Morgan fingerprint density at radius 2 is 2.04 bits per heavy atom. The minimum absolute atomic E-state index is 0.0819. The minimum atomic E-state index is 0.0819. The third kappa shape index (κ3) is 3.41. The first-order valence-electron chi connectivity index (χ1n) is 8.21. The summed E-state index contributed by atoms with van der Waals surface area (Å²) in [6.45, 7) is 9.28. The van der Waals surface area contributed by atoms with Gasteiger partial charge in [-0.1, -0.05) is 0 Å². The van der Waals surface area contributed by atoms with Gasteiger partial charge < -0.3 is 14.6 Å². The number of benzene rings is 1. The summed E-state index contributed by atoms with van der Waals surface area (Å²) in [5, 5.41) is 1.13. The van der Waals surface area contributed by atoms with E-state index in [0.717, 1.165) is 61.6 Å². The lowest BCUT2D eigenvalue weighted by Crippen LogP contribution is -2.41. The van der Waals surface area contributed by atoms with Gasteiger partial charge in [0.2, 0.25) is 0 Å². The number of fused-ring (bicyclic) bond motifs is 1. The van der Waals surface area contributed by atoms with Gasteiger partial charge in [0.25, 0.3) is 5.91 Å². The summed E-state index contributed by atoms with van der Waals surface area (Å²) in [5.74, 6) is 0.0819. The number of aryl methyl sites for hydroxylation is 2. The first kappa shape index (κ1) is 16.0. The van der Waals surface area contributed by atoms with Gasteiger partial charge in [0, 0.05) is 55.4 Å². The van der Waals surface area contributed by atoms with E-state index in [1.165, 1.54) is 5.56 Å². The molecule has 2 aromatic rings. The molecule has 0 bridgehead atoms. The quantitative estimate of drug-likeness (QED) is 0.941. The summed E-state index contributed by atoms with van der Waals surface area (Å²) in [5.41, 5.74) is 4.22. The Bertz CT molecular complexity index is 702. The average molecular weight is 315 g/mol. The molecule has 1 N–H and O–H groups in total. The highest BCUT2D eigenvalue weighted by molar-refractivity contribution is 5.98. The molecule has 1 amide bonds. The molecule has 124 valence electrons. The minimum Gasteiger partial charge on any atom is -0.379 e. The molecule has 0 unspecified atom stereocenters. The molecule has 1 aliphatic rings. The van der Waals surface area contributed by atoms with Gasteiger partial charge >= 0.3 is 0 Å². The van der Waals surface area contributed by atoms with Gasteiger partial charge in [0.05, 0.1) is 13.2 Å². The van der Waals surface area contributed by atoms with E-state index in [4.69, 9.17) is 4.74 Å². The van der Waals surface area contributed by atoms with Gasteiger partial charge in [-0.25, -0.2) is 0 Å². The highest BCUT2D eigenvalue weighted by atomic mass is 16.5. The summed E-state index contributed by atoms with van der Waals surface area (Å²) >= 11 is 0.